The van der Waals surface area contributed by atoms with Crippen molar-refractivity contribution in [3.05, 3.63) is 29.3 Å². The van der Waals surface area contributed by atoms with E-state index in [0.29, 0.717) is 12.2 Å². The molecule has 1 amide bonds. The maximum Gasteiger partial charge on any atom is 0.223 e. The third kappa shape index (κ3) is 1.11. The van der Waals surface area contributed by atoms with Gasteiger partial charge in [0.15, 0.2) is 0 Å². The lowest BCUT2D eigenvalue weighted by molar-refractivity contribution is -0.131. The number of nitrogens with zero attached hydrogens (tertiary/aromatic N) is 1. The number of rotatable bonds is 0. The highest BCUT2D eigenvalue weighted by molar-refractivity contribution is 5.80. The molecule has 2 aliphatic heterocycles. The van der Waals surface area contributed by atoms with Crippen LogP contribution in [-0.2, 0) is 16.8 Å². The van der Waals surface area contributed by atoms with Gasteiger partial charge in [-0.05, 0) is 43.0 Å². The number of benzene rings is 1. The minimum atomic E-state index is -0.141. The molecule has 1 atom stereocenters. The van der Waals surface area contributed by atoms with Crippen molar-refractivity contribution in [1.82, 2.24) is 4.90 Å². The molecule has 0 bridgehead atoms. The Balaban J connectivity index is 2.15. The second-order valence-electron chi connectivity index (χ2n) is 4.91. The highest BCUT2D eigenvalue weighted by atomic mass is 16.3. The molecule has 1 saturated heterocycles. The molecule has 3 nitrogen and oxygen atoms in total. The topological polar surface area (TPSA) is 40.5 Å². The number of phenols is 1. The molecule has 84 valence electrons. The van der Waals surface area contributed by atoms with Crippen molar-refractivity contribution in [1.29, 1.82) is 0 Å². The van der Waals surface area contributed by atoms with E-state index in [0.717, 1.165) is 19.4 Å². The first-order valence-electron chi connectivity index (χ1n) is 5.74. The van der Waals surface area contributed by atoms with Crippen LogP contribution < -0.4 is 0 Å². The summed E-state index contributed by atoms with van der Waals surface area (Å²) in [5, 5.41) is 9.48. The zero-order valence-electron chi connectivity index (χ0n) is 9.36. The van der Waals surface area contributed by atoms with Crippen LogP contribution in [0.4, 0.5) is 0 Å². The van der Waals surface area contributed by atoms with E-state index in [9.17, 15) is 9.90 Å². The van der Waals surface area contributed by atoms with Gasteiger partial charge in [0, 0.05) is 13.0 Å². The van der Waals surface area contributed by atoms with E-state index < -0.39 is 0 Å². The Bertz CT molecular complexity index is 469. The maximum atomic E-state index is 11.8. The van der Waals surface area contributed by atoms with Crippen molar-refractivity contribution in [3.63, 3.8) is 0 Å². The standard InChI is InChI=1S/C13H15NO2/c1-13-6-4-12(16)14(13)7-5-9-8-10(15)2-3-11(9)13/h2-3,8,15H,4-7H2,1H3. The van der Waals surface area contributed by atoms with Gasteiger partial charge in [-0.2, -0.15) is 0 Å². The summed E-state index contributed by atoms with van der Waals surface area (Å²) in [6, 6.07) is 5.52. The normalized spacial score (nSPS) is 27.8. The van der Waals surface area contributed by atoms with Gasteiger partial charge in [-0.1, -0.05) is 6.07 Å². The van der Waals surface area contributed by atoms with Crippen LogP contribution in [0.3, 0.4) is 0 Å². The summed E-state index contributed by atoms with van der Waals surface area (Å²) in [5.74, 6) is 0.585. The maximum absolute atomic E-state index is 11.8. The third-order valence-electron chi connectivity index (χ3n) is 4.00. The van der Waals surface area contributed by atoms with Crippen LogP contribution >= 0.6 is 0 Å². The van der Waals surface area contributed by atoms with Gasteiger partial charge >= 0.3 is 0 Å². The van der Waals surface area contributed by atoms with Crippen molar-refractivity contribution >= 4 is 5.91 Å². The third-order valence-corrected chi connectivity index (χ3v) is 4.00. The SMILES string of the molecule is CC12CCC(=O)N1CCc1cc(O)ccc12. The molecule has 1 fully saturated rings. The van der Waals surface area contributed by atoms with E-state index in [4.69, 9.17) is 0 Å². The van der Waals surface area contributed by atoms with Crippen molar-refractivity contribution < 1.29 is 9.90 Å². The number of amides is 1. The first-order valence-corrected chi connectivity index (χ1v) is 5.74. The summed E-state index contributed by atoms with van der Waals surface area (Å²) in [7, 11) is 0. The Morgan fingerprint density at radius 1 is 1.38 bits per heavy atom. The molecule has 16 heavy (non-hydrogen) atoms. The van der Waals surface area contributed by atoms with Crippen molar-refractivity contribution in [2.75, 3.05) is 6.54 Å². The zero-order chi connectivity index (χ0) is 11.3. The first kappa shape index (κ1) is 9.70. The molecule has 0 aromatic heterocycles. The number of phenolic OH excluding ortho intramolecular Hbond substituents is 1. The number of aromatic hydroxyl groups is 1. The predicted molar refractivity (Wildman–Crippen MR) is 60.1 cm³/mol. The fourth-order valence-electron chi connectivity index (χ4n) is 3.09. The Morgan fingerprint density at radius 2 is 2.19 bits per heavy atom. The summed E-state index contributed by atoms with van der Waals surface area (Å²) in [4.78, 5) is 13.8. The minimum absolute atomic E-state index is 0.141. The summed E-state index contributed by atoms with van der Waals surface area (Å²) in [6.45, 7) is 2.92. The van der Waals surface area contributed by atoms with E-state index in [1.165, 1.54) is 11.1 Å². The largest absolute Gasteiger partial charge is 0.508 e. The van der Waals surface area contributed by atoms with Crippen LogP contribution in [0.15, 0.2) is 18.2 Å². The van der Waals surface area contributed by atoms with Gasteiger partial charge in [0.2, 0.25) is 5.91 Å². The average Bonchev–Trinajstić information content (AvgIpc) is 2.55. The van der Waals surface area contributed by atoms with E-state index in [1.54, 1.807) is 6.07 Å². The molecule has 1 N–H and O–H groups in total. The van der Waals surface area contributed by atoms with Gasteiger partial charge in [0.05, 0.1) is 5.54 Å². The van der Waals surface area contributed by atoms with Gasteiger partial charge in [-0.15, -0.1) is 0 Å². The molecule has 3 rings (SSSR count). The quantitative estimate of drug-likeness (QED) is 0.719. The monoisotopic (exact) mass is 217 g/mol. The molecule has 0 spiro atoms. The fourth-order valence-corrected chi connectivity index (χ4v) is 3.09. The molecule has 0 radical (unpaired) electrons. The molecule has 2 aliphatic rings. The van der Waals surface area contributed by atoms with E-state index >= 15 is 0 Å². The van der Waals surface area contributed by atoms with Gasteiger partial charge in [0.1, 0.15) is 5.75 Å². The van der Waals surface area contributed by atoms with Crippen molar-refractivity contribution in [2.45, 2.75) is 31.7 Å². The lowest BCUT2D eigenvalue weighted by atomic mass is 9.82. The molecule has 3 heteroatoms. The minimum Gasteiger partial charge on any atom is -0.508 e. The lowest BCUT2D eigenvalue weighted by Crippen LogP contribution is -2.45. The Kier molecular flexibility index (Phi) is 1.82. The van der Waals surface area contributed by atoms with Gasteiger partial charge < -0.3 is 10.0 Å². The molecule has 1 aromatic carbocycles. The first-order chi connectivity index (χ1) is 7.61. The summed E-state index contributed by atoms with van der Waals surface area (Å²) >= 11 is 0. The van der Waals surface area contributed by atoms with Gasteiger partial charge in [0.25, 0.3) is 0 Å². The van der Waals surface area contributed by atoms with Gasteiger partial charge in [-0.25, -0.2) is 0 Å². The van der Waals surface area contributed by atoms with Crippen molar-refractivity contribution in [3.8, 4) is 5.75 Å². The summed E-state index contributed by atoms with van der Waals surface area (Å²) in [5.41, 5.74) is 2.26. The smallest absolute Gasteiger partial charge is 0.223 e. The summed E-state index contributed by atoms with van der Waals surface area (Å²) < 4.78 is 0. The molecule has 2 heterocycles. The predicted octanol–water partition coefficient (Wildman–Crippen LogP) is 1.79. The second-order valence-corrected chi connectivity index (χ2v) is 4.91. The van der Waals surface area contributed by atoms with E-state index in [-0.39, 0.29) is 11.4 Å². The Hall–Kier alpha value is -1.51. The van der Waals surface area contributed by atoms with Crippen molar-refractivity contribution in [2.24, 2.45) is 0 Å². The molecule has 0 saturated carbocycles. The van der Waals surface area contributed by atoms with Crippen LogP contribution in [0.25, 0.3) is 0 Å². The molecule has 1 aromatic rings. The second kappa shape index (κ2) is 3.00. The van der Waals surface area contributed by atoms with Crippen LogP contribution in [0.1, 0.15) is 30.9 Å². The van der Waals surface area contributed by atoms with Crippen LogP contribution in [-0.4, -0.2) is 22.5 Å². The number of hydrogen-bond donors (Lipinski definition) is 1. The van der Waals surface area contributed by atoms with E-state index in [2.05, 4.69) is 6.92 Å². The zero-order valence-corrected chi connectivity index (χ0v) is 9.36. The average molecular weight is 217 g/mol. The van der Waals surface area contributed by atoms with Crippen LogP contribution in [0.5, 0.6) is 5.75 Å². The highest BCUT2D eigenvalue weighted by Gasteiger charge is 2.45. The number of carbonyl (C=O) groups excluding carboxylic acids is 1. The van der Waals surface area contributed by atoms with Gasteiger partial charge in [-0.3, -0.25) is 4.79 Å². The molecular formula is C13H15NO2. The van der Waals surface area contributed by atoms with E-state index in [1.807, 2.05) is 17.0 Å². The van der Waals surface area contributed by atoms with Crippen LogP contribution in [0, 0.1) is 0 Å². The Morgan fingerprint density at radius 3 is 3.00 bits per heavy atom. The fraction of sp³-hybridized carbons (Fsp3) is 0.462. The number of carbonyl (C=O) groups is 1. The number of hydrogen-bond acceptors (Lipinski definition) is 2. The molecular weight excluding hydrogens is 202 g/mol. The molecule has 1 unspecified atom stereocenters. The van der Waals surface area contributed by atoms with Crippen LogP contribution in [0.2, 0.25) is 0 Å². The number of fused-ring (bicyclic) bond motifs is 3. The lowest BCUT2D eigenvalue weighted by Gasteiger charge is -2.41. The summed E-state index contributed by atoms with van der Waals surface area (Å²) in [6.07, 6.45) is 2.39. The molecule has 0 aliphatic carbocycles. The highest BCUT2D eigenvalue weighted by Crippen LogP contribution is 2.44. The Labute approximate surface area is 94.7 Å².